The number of nitrogens with one attached hydrogen (secondary N) is 2. The summed E-state index contributed by atoms with van der Waals surface area (Å²) in [5, 5.41) is 6.58. The van der Waals surface area contributed by atoms with Crippen molar-refractivity contribution in [2.45, 2.75) is 19.9 Å². The van der Waals surface area contributed by atoms with Crippen LogP contribution in [-0.4, -0.2) is 45.4 Å². The lowest BCUT2D eigenvalue weighted by molar-refractivity contribution is 0.122. The van der Waals surface area contributed by atoms with E-state index in [2.05, 4.69) is 27.8 Å². The fraction of sp³-hybridized carbons (Fsp3) is 0.409. The van der Waals surface area contributed by atoms with E-state index in [9.17, 15) is 4.39 Å². The van der Waals surface area contributed by atoms with Crippen molar-refractivity contribution in [1.29, 1.82) is 0 Å². The number of anilines is 1. The first-order valence-electron chi connectivity index (χ1n) is 9.93. The number of guanidine groups is 1. The predicted molar refractivity (Wildman–Crippen MR) is 128 cm³/mol. The average molecular weight is 512 g/mol. The van der Waals surface area contributed by atoms with E-state index in [0.717, 1.165) is 44.1 Å². The van der Waals surface area contributed by atoms with Crippen molar-refractivity contribution in [3.05, 3.63) is 65.5 Å². The topological polar surface area (TPSA) is 48.9 Å². The third kappa shape index (κ3) is 7.47. The molecule has 1 aliphatic rings. The molecular weight excluding hydrogens is 482 g/mol. The van der Waals surface area contributed by atoms with Gasteiger partial charge in [-0.15, -0.1) is 24.0 Å². The highest BCUT2D eigenvalue weighted by molar-refractivity contribution is 14.0. The molecule has 1 fully saturated rings. The normalized spacial score (nSPS) is 14.3. The smallest absolute Gasteiger partial charge is 0.191 e. The summed E-state index contributed by atoms with van der Waals surface area (Å²) in [6.45, 7) is 6.78. The Kier molecular flexibility index (Phi) is 10.2. The Hall–Kier alpha value is -1.87. The van der Waals surface area contributed by atoms with Gasteiger partial charge in [-0.1, -0.05) is 36.4 Å². The fourth-order valence-corrected chi connectivity index (χ4v) is 3.19. The van der Waals surface area contributed by atoms with E-state index in [-0.39, 0.29) is 29.8 Å². The van der Waals surface area contributed by atoms with Crippen molar-refractivity contribution in [3.63, 3.8) is 0 Å². The zero-order chi connectivity index (χ0) is 19.6. The van der Waals surface area contributed by atoms with Crippen LogP contribution in [0.3, 0.4) is 0 Å². The molecule has 158 valence electrons. The number of hydrogen-bond acceptors (Lipinski definition) is 3. The van der Waals surface area contributed by atoms with E-state index in [1.165, 1.54) is 5.56 Å². The molecule has 29 heavy (non-hydrogen) atoms. The average Bonchev–Trinajstić information content (AvgIpc) is 2.73. The highest BCUT2D eigenvalue weighted by Crippen LogP contribution is 2.21. The zero-order valence-electron chi connectivity index (χ0n) is 16.9. The summed E-state index contributed by atoms with van der Waals surface area (Å²) in [5.41, 5.74) is 2.78. The van der Waals surface area contributed by atoms with Gasteiger partial charge in [0.1, 0.15) is 5.82 Å². The molecule has 2 N–H and O–H groups in total. The van der Waals surface area contributed by atoms with E-state index < -0.39 is 0 Å². The molecule has 3 rings (SSSR count). The first-order chi connectivity index (χ1) is 13.8. The van der Waals surface area contributed by atoms with Crippen LogP contribution in [0.1, 0.15) is 18.1 Å². The summed E-state index contributed by atoms with van der Waals surface area (Å²) in [6, 6.07) is 15.7. The van der Waals surface area contributed by atoms with Gasteiger partial charge in [0.15, 0.2) is 5.96 Å². The van der Waals surface area contributed by atoms with Gasteiger partial charge in [0.2, 0.25) is 0 Å². The molecule has 0 amide bonds. The number of hydrogen-bond donors (Lipinski definition) is 2. The van der Waals surface area contributed by atoms with Gasteiger partial charge in [-0.3, -0.25) is 0 Å². The summed E-state index contributed by atoms with van der Waals surface area (Å²) in [5.74, 6) is 0.549. The highest BCUT2D eigenvalue weighted by atomic mass is 127. The second-order valence-electron chi connectivity index (χ2n) is 6.74. The minimum Gasteiger partial charge on any atom is -0.378 e. The molecule has 2 aromatic carbocycles. The molecular formula is C22H30FIN4O. The maximum atomic E-state index is 14.5. The van der Waals surface area contributed by atoms with E-state index in [1.807, 2.05) is 42.2 Å². The summed E-state index contributed by atoms with van der Waals surface area (Å²) < 4.78 is 19.9. The first-order valence-corrected chi connectivity index (χ1v) is 9.93. The quantitative estimate of drug-likeness (QED) is 0.339. The summed E-state index contributed by atoms with van der Waals surface area (Å²) in [7, 11) is 0. The molecule has 7 heteroatoms. The summed E-state index contributed by atoms with van der Waals surface area (Å²) >= 11 is 0. The SMILES string of the molecule is CCNC(=NCc1ccc(N2CCOCC2)c(F)c1)NCCc1ccccc1.I. The molecule has 5 nitrogen and oxygen atoms in total. The molecule has 0 saturated carbocycles. The predicted octanol–water partition coefficient (Wildman–Crippen LogP) is 3.58. The van der Waals surface area contributed by atoms with Gasteiger partial charge in [-0.2, -0.15) is 0 Å². The van der Waals surface area contributed by atoms with Crippen LogP contribution in [0.2, 0.25) is 0 Å². The lowest BCUT2D eigenvalue weighted by Crippen LogP contribution is -2.38. The molecule has 0 aliphatic carbocycles. The van der Waals surface area contributed by atoms with Crippen LogP contribution in [0, 0.1) is 5.82 Å². The number of aliphatic imine (C=N–C) groups is 1. The van der Waals surface area contributed by atoms with E-state index in [4.69, 9.17) is 4.74 Å². The Morgan fingerprint density at radius 2 is 1.83 bits per heavy atom. The van der Waals surface area contributed by atoms with Gasteiger partial charge in [-0.25, -0.2) is 9.38 Å². The first kappa shape index (κ1) is 23.4. The molecule has 1 heterocycles. The molecule has 0 radical (unpaired) electrons. The van der Waals surface area contributed by atoms with Crippen LogP contribution in [0.4, 0.5) is 10.1 Å². The number of rotatable bonds is 7. The van der Waals surface area contributed by atoms with E-state index in [1.54, 1.807) is 6.07 Å². The van der Waals surface area contributed by atoms with Crippen LogP contribution < -0.4 is 15.5 Å². The van der Waals surface area contributed by atoms with E-state index >= 15 is 0 Å². The minimum atomic E-state index is -0.198. The largest absolute Gasteiger partial charge is 0.378 e. The van der Waals surface area contributed by atoms with Crippen molar-refractivity contribution >= 4 is 35.6 Å². The molecule has 0 aromatic heterocycles. The molecule has 1 aliphatic heterocycles. The van der Waals surface area contributed by atoms with Gasteiger partial charge in [0, 0.05) is 26.2 Å². The molecule has 1 saturated heterocycles. The van der Waals surface area contributed by atoms with Gasteiger partial charge in [0.25, 0.3) is 0 Å². The van der Waals surface area contributed by atoms with Crippen LogP contribution in [0.15, 0.2) is 53.5 Å². The summed E-state index contributed by atoms with van der Waals surface area (Å²) in [6.07, 6.45) is 0.925. The molecule has 0 bridgehead atoms. The van der Waals surface area contributed by atoms with Crippen LogP contribution >= 0.6 is 24.0 Å². The van der Waals surface area contributed by atoms with Crippen molar-refractivity contribution in [2.24, 2.45) is 4.99 Å². The lowest BCUT2D eigenvalue weighted by atomic mass is 10.1. The molecule has 0 unspecified atom stereocenters. The van der Waals surface area contributed by atoms with Gasteiger partial charge >= 0.3 is 0 Å². The fourth-order valence-electron chi connectivity index (χ4n) is 3.19. The monoisotopic (exact) mass is 512 g/mol. The van der Waals surface area contributed by atoms with Crippen LogP contribution in [-0.2, 0) is 17.7 Å². The van der Waals surface area contributed by atoms with Gasteiger partial charge < -0.3 is 20.3 Å². The Labute approximate surface area is 189 Å². The minimum absolute atomic E-state index is 0. The third-order valence-corrected chi connectivity index (χ3v) is 4.68. The van der Waals surface area contributed by atoms with E-state index in [0.29, 0.717) is 25.4 Å². The molecule has 0 atom stereocenters. The molecule has 0 spiro atoms. The molecule has 2 aromatic rings. The van der Waals surface area contributed by atoms with Gasteiger partial charge in [-0.05, 0) is 36.6 Å². The summed E-state index contributed by atoms with van der Waals surface area (Å²) in [4.78, 5) is 6.62. The zero-order valence-corrected chi connectivity index (χ0v) is 19.2. The maximum Gasteiger partial charge on any atom is 0.191 e. The second kappa shape index (κ2) is 12.6. The van der Waals surface area contributed by atoms with Crippen molar-refractivity contribution in [3.8, 4) is 0 Å². The number of nitrogens with zero attached hydrogens (tertiary/aromatic N) is 2. The third-order valence-electron chi connectivity index (χ3n) is 4.68. The Bertz CT molecular complexity index is 767. The lowest BCUT2D eigenvalue weighted by Gasteiger charge is -2.29. The van der Waals surface area contributed by atoms with Crippen molar-refractivity contribution in [2.75, 3.05) is 44.3 Å². The van der Waals surface area contributed by atoms with Crippen molar-refractivity contribution < 1.29 is 9.13 Å². The van der Waals surface area contributed by atoms with Crippen LogP contribution in [0.25, 0.3) is 0 Å². The maximum absolute atomic E-state index is 14.5. The Morgan fingerprint density at radius 1 is 1.07 bits per heavy atom. The highest BCUT2D eigenvalue weighted by Gasteiger charge is 2.15. The van der Waals surface area contributed by atoms with Crippen molar-refractivity contribution in [1.82, 2.24) is 10.6 Å². The number of halogens is 2. The van der Waals surface area contributed by atoms with Gasteiger partial charge in [0.05, 0.1) is 25.4 Å². The van der Waals surface area contributed by atoms with Crippen LogP contribution in [0.5, 0.6) is 0 Å². The Balaban J connectivity index is 0.00000300. The Morgan fingerprint density at radius 3 is 2.52 bits per heavy atom. The number of morpholine rings is 1. The second-order valence-corrected chi connectivity index (χ2v) is 6.74. The standard InChI is InChI=1S/C22H29FN4O.HI/c1-2-24-22(25-11-10-18-6-4-3-5-7-18)26-17-19-8-9-21(20(23)16-19)27-12-14-28-15-13-27;/h3-9,16H,2,10-15,17H2,1H3,(H2,24,25,26);1H. The number of benzene rings is 2. The number of ether oxygens (including phenoxy) is 1.